The molecule has 0 unspecified atom stereocenters. The maximum absolute atomic E-state index is 12.1. The van der Waals surface area contributed by atoms with Gasteiger partial charge in [-0.3, -0.25) is 4.90 Å². The number of piperidine rings is 3. The molecule has 1 aromatic carbocycles. The van der Waals surface area contributed by atoms with Crippen LogP contribution in [-0.2, 0) is 16.4 Å². The highest BCUT2D eigenvalue weighted by atomic mass is 32.2. The minimum Gasteiger partial charge on any atom is -0.303 e. The summed E-state index contributed by atoms with van der Waals surface area (Å²) in [5, 5.41) is 0. The Morgan fingerprint density at radius 3 is 2.59 bits per heavy atom. The Bertz CT molecular complexity index is 768. The molecule has 3 saturated heterocycles. The van der Waals surface area contributed by atoms with Crippen molar-refractivity contribution in [3.63, 3.8) is 0 Å². The topological polar surface area (TPSA) is 43.9 Å². The third-order valence-electron chi connectivity index (χ3n) is 7.42. The van der Waals surface area contributed by atoms with Gasteiger partial charge in [0.05, 0.1) is 5.75 Å². The highest BCUT2D eigenvalue weighted by Crippen LogP contribution is 2.42. The van der Waals surface area contributed by atoms with Gasteiger partial charge in [-0.1, -0.05) is 36.8 Å². The fraction of sp³-hybridized carbons (Fsp3) is 0.739. The van der Waals surface area contributed by atoms with Crippen LogP contribution in [0.5, 0.6) is 0 Å². The molecule has 29 heavy (non-hydrogen) atoms. The monoisotopic (exact) mass is 419 g/mol. The van der Waals surface area contributed by atoms with E-state index >= 15 is 0 Å². The van der Waals surface area contributed by atoms with Gasteiger partial charge in [-0.25, -0.2) is 12.7 Å². The van der Waals surface area contributed by atoms with Gasteiger partial charge in [0.15, 0.2) is 0 Å². The first-order chi connectivity index (χ1) is 13.9. The molecule has 0 amide bonds. The van der Waals surface area contributed by atoms with E-state index in [4.69, 9.17) is 0 Å². The van der Waals surface area contributed by atoms with E-state index < -0.39 is 10.0 Å². The van der Waals surface area contributed by atoms with Gasteiger partial charge in [-0.05, 0) is 62.6 Å². The van der Waals surface area contributed by atoms with E-state index in [1.165, 1.54) is 42.1 Å². The number of hydrogen-bond acceptors (Lipinski definition) is 4. The van der Waals surface area contributed by atoms with Crippen LogP contribution in [0, 0.1) is 11.8 Å². The lowest BCUT2D eigenvalue weighted by atomic mass is 9.71. The van der Waals surface area contributed by atoms with Gasteiger partial charge in [0.25, 0.3) is 0 Å². The Morgan fingerprint density at radius 1 is 1.07 bits per heavy atom. The Kier molecular flexibility index (Phi) is 6.64. The van der Waals surface area contributed by atoms with Crippen LogP contribution in [0.4, 0.5) is 0 Å². The molecule has 0 N–H and O–H groups in total. The zero-order chi connectivity index (χ0) is 20.4. The summed E-state index contributed by atoms with van der Waals surface area (Å²) in [5.41, 5.74) is 1.45. The van der Waals surface area contributed by atoms with E-state index in [-0.39, 0.29) is 5.75 Å². The van der Waals surface area contributed by atoms with Gasteiger partial charge < -0.3 is 4.90 Å². The molecule has 3 heterocycles. The summed E-state index contributed by atoms with van der Waals surface area (Å²) >= 11 is 0. The van der Waals surface area contributed by atoms with E-state index in [9.17, 15) is 8.42 Å². The van der Waals surface area contributed by atoms with Crippen molar-refractivity contribution in [3.8, 4) is 0 Å². The third-order valence-corrected chi connectivity index (χ3v) is 9.34. The molecule has 4 rings (SSSR count). The molecule has 0 aliphatic carbocycles. The average Bonchev–Trinajstić information content (AvgIpc) is 2.72. The lowest BCUT2D eigenvalue weighted by molar-refractivity contribution is -0.0709. The minimum absolute atomic E-state index is 0.259. The van der Waals surface area contributed by atoms with E-state index in [1.807, 2.05) is 0 Å². The number of rotatable bonds is 7. The first kappa shape index (κ1) is 21.3. The van der Waals surface area contributed by atoms with Crippen LogP contribution in [-0.4, -0.2) is 80.6 Å². The molecule has 1 aromatic rings. The molecule has 0 aromatic heterocycles. The van der Waals surface area contributed by atoms with Crippen molar-refractivity contribution in [1.29, 1.82) is 0 Å². The van der Waals surface area contributed by atoms with Crippen molar-refractivity contribution in [2.75, 3.05) is 46.0 Å². The van der Waals surface area contributed by atoms with Crippen LogP contribution in [0.3, 0.4) is 0 Å². The molecule has 6 heteroatoms. The van der Waals surface area contributed by atoms with Crippen molar-refractivity contribution < 1.29 is 8.42 Å². The van der Waals surface area contributed by atoms with Gasteiger partial charge >= 0.3 is 0 Å². The lowest BCUT2D eigenvalue weighted by Crippen LogP contribution is -2.64. The lowest BCUT2D eigenvalue weighted by Gasteiger charge is -2.57. The van der Waals surface area contributed by atoms with Gasteiger partial charge in [0, 0.05) is 39.3 Å². The number of sulfonamides is 1. The number of likely N-dealkylation sites (tertiary alicyclic amines) is 1. The molecule has 5 nitrogen and oxygen atoms in total. The second-order valence-corrected chi connectivity index (χ2v) is 11.8. The fourth-order valence-electron chi connectivity index (χ4n) is 5.98. The Labute approximate surface area is 177 Å². The number of benzene rings is 1. The van der Waals surface area contributed by atoms with Crippen molar-refractivity contribution in [2.24, 2.45) is 11.8 Å². The minimum atomic E-state index is -3.09. The summed E-state index contributed by atoms with van der Waals surface area (Å²) < 4.78 is 25.6. The summed E-state index contributed by atoms with van der Waals surface area (Å²) in [6.07, 6.45) is 7.28. The molecule has 3 aliphatic rings. The molecule has 0 saturated carbocycles. The summed E-state index contributed by atoms with van der Waals surface area (Å²) in [5.74, 6) is 1.72. The van der Waals surface area contributed by atoms with Gasteiger partial charge in [-0.15, -0.1) is 0 Å². The van der Waals surface area contributed by atoms with Crippen molar-refractivity contribution in [2.45, 2.75) is 50.6 Å². The second kappa shape index (κ2) is 9.04. The molecular weight excluding hydrogens is 382 g/mol. The van der Waals surface area contributed by atoms with Gasteiger partial charge in [-0.2, -0.15) is 0 Å². The van der Waals surface area contributed by atoms with E-state index in [2.05, 4.69) is 40.1 Å². The van der Waals surface area contributed by atoms with E-state index in [0.717, 1.165) is 44.4 Å². The summed E-state index contributed by atoms with van der Waals surface area (Å²) in [4.78, 5) is 5.44. The maximum atomic E-state index is 12.1. The molecule has 0 spiro atoms. The van der Waals surface area contributed by atoms with Crippen LogP contribution in [0.25, 0.3) is 0 Å². The zero-order valence-corrected chi connectivity index (χ0v) is 18.9. The Hall–Kier alpha value is -0.950. The average molecular weight is 420 g/mol. The SMILES string of the molecule is CN(C)S(=O)(=O)CCCN1C[C@H]2C[C@@H](C1)[C@H](Cc1ccccc1)N1CCCC[C@@H]21. The summed E-state index contributed by atoms with van der Waals surface area (Å²) in [6, 6.07) is 12.3. The molecule has 0 radical (unpaired) electrons. The molecule has 3 fully saturated rings. The van der Waals surface area contributed by atoms with Crippen LogP contribution >= 0.6 is 0 Å². The van der Waals surface area contributed by atoms with Crippen molar-refractivity contribution >= 4 is 10.0 Å². The Balaban J connectivity index is 1.44. The number of nitrogens with zero attached hydrogens (tertiary/aromatic N) is 3. The van der Waals surface area contributed by atoms with Crippen LogP contribution < -0.4 is 0 Å². The highest BCUT2D eigenvalue weighted by Gasteiger charge is 2.46. The second-order valence-electron chi connectivity index (χ2n) is 9.53. The number of fused-ring (bicyclic) bond motifs is 4. The van der Waals surface area contributed by atoms with Crippen LogP contribution in [0.15, 0.2) is 30.3 Å². The van der Waals surface area contributed by atoms with Crippen LogP contribution in [0.2, 0.25) is 0 Å². The Morgan fingerprint density at radius 2 is 1.83 bits per heavy atom. The standard InChI is InChI=1S/C23H37N3O2S/c1-24(2)29(27,28)14-8-12-25-17-20-16-21(18-25)23(15-19-9-4-3-5-10-19)26-13-7-6-11-22(20)26/h3-5,9-10,20-23H,6-8,11-18H2,1-2H3/t20-,21+,22+,23+/m1/s1. The largest absolute Gasteiger partial charge is 0.303 e. The fourth-order valence-corrected chi connectivity index (χ4v) is 6.84. The molecule has 162 valence electrons. The maximum Gasteiger partial charge on any atom is 0.213 e. The van der Waals surface area contributed by atoms with E-state index in [1.54, 1.807) is 14.1 Å². The summed E-state index contributed by atoms with van der Waals surface area (Å²) in [7, 11) is 0.173. The van der Waals surface area contributed by atoms with Gasteiger partial charge in [0.1, 0.15) is 0 Å². The first-order valence-electron chi connectivity index (χ1n) is 11.4. The quantitative estimate of drug-likeness (QED) is 0.682. The van der Waals surface area contributed by atoms with Gasteiger partial charge in [0.2, 0.25) is 10.0 Å². The molecule has 3 aliphatic heterocycles. The first-order valence-corrected chi connectivity index (χ1v) is 13.0. The predicted molar refractivity (Wildman–Crippen MR) is 118 cm³/mol. The normalized spacial score (nSPS) is 31.0. The molecule has 2 bridgehead atoms. The zero-order valence-electron chi connectivity index (χ0n) is 18.0. The smallest absolute Gasteiger partial charge is 0.213 e. The van der Waals surface area contributed by atoms with E-state index in [0.29, 0.717) is 12.0 Å². The van der Waals surface area contributed by atoms with Crippen LogP contribution in [0.1, 0.15) is 37.7 Å². The molecule has 4 atom stereocenters. The predicted octanol–water partition coefficient (Wildman–Crippen LogP) is 2.69. The third kappa shape index (κ3) is 4.87. The van der Waals surface area contributed by atoms with Crippen molar-refractivity contribution in [3.05, 3.63) is 35.9 Å². The van der Waals surface area contributed by atoms with Crippen molar-refractivity contribution in [1.82, 2.24) is 14.1 Å². The summed E-state index contributed by atoms with van der Waals surface area (Å²) in [6.45, 7) is 4.44. The molecular formula is C23H37N3O2S. The highest BCUT2D eigenvalue weighted by molar-refractivity contribution is 7.89. The number of hydrogen-bond donors (Lipinski definition) is 0.